The van der Waals surface area contributed by atoms with Gasteiger partial charge in [-0.2, -0.15) is 0 Å². The highest BCUT2D eigenvalue weighted by Crippen LogP contribution is 2.16. The molecule has 0 aromatic carbocycles. The molecule has 0 fully saturated rings. The Balaban J connectivity index is 2.92. The van der Waals surface area contributed by atoms with E-state index in [9.17, 15) is 4.79 Å². The number of anilines is 1. The molecule has 4 nitrogen and oxygen atoms in total. The predicted octanol–water partition coefficient (Wildman–Crippen LogP) is 1.42. The van der Waals surface area contributed by atoms with Crippen LogP contribution < -0.4 is 5.73 Å². The fourth-order valence-corrected chi connectivity index (χ4v) is 0.844. The van der Waals surface area contributed by atoms with Crippen LogP contribution in [0, 0.1) is 0 Å². The molecule has 1 aromatic rings. The van der Waals surface area contributed by atoms with Crippen molar-refractivity contribution in [2.45, 2.75) is 0 Å². The van der Waals surface area contributed by atoms with Crippen molar-refractivity contribution < 1.29 is 9.90 Å². The number of hydrogen-bond acceptors (Lipinski definition) is 3. The van der Waals surface area contributed by atoms with E-state index < -0.39 is 5.97 Å². The lowest BCUT2D eigenvalue weighted by atomic mass is 10.2. The average Bonchev–Trinajstić information content (AvgIpc) is 2.07. The summed E-state index contributed by atoms with van der Waals surface area (Å²) in [6.07, 6.45) is 3.84. The lowest BCUT2D eigenvalue weighted by Crippen LogP contribution is -1.90. The summed E-state index contributed by atoms with van der Waals surface area (Å²) in [6.45, 7) is 0. The molecular weight excluding hydrogens is 192 g/mol. The Morgan fingerprint density at radius 1 is 1.69 bits per heavy atom. The lowest BCUT2D eigenvalue weighted by Gasteiger charge is -1.97. The molecule has 0 radical (unpaired) electrons. The molecule has 0 aliphatic heterocycles. The van der Waals surface area contributed by atoms with Gasteiger partial charge in [0.25, 0.3) is 0 Å². The van der Waals surface area contributed by atoms with Crippen LogP contribution in [0.4, 0.5) is 5.69 Å². The Labute approximate surface area is 79.7 Å². The van der Waals surface area contributed by atoms with E-state index in [0.717, 1.165) is 6.08 Å². The molecule has 68 valence electrons. The number of nitrogen functional groups attached to an aromatic ring is 1. The standard InChI is InChI=1S/C8H7ClN2O2/c9-8-6(10)3-5(4-11-8)1-2-7(12)13/h1-4H,10H2,(H,12,13). The lowest BCUT2D eigenvalue weighted by molar-refractivity contribution is -0.131. The zero-order valence-electron chi connectivity index (χ0n) is 6.57. The summed E-state index contributed by atoms with van der Waals surface area (Å²) in [7, 11) is 0. The van der Waals surface area contributed by atoms with Gasteiger partial charge in [0, 0.05) is 12.3 Å². The van der Waals surface area contributed by atoms with Crippen molar-refractivity contribution in [1.82, 2.24) is 4.98 Å². The number of carboxylic acid groups (broad SMARTS) is 1. The third kappa shape index (κ3) is 2.76. The van der Waals surface area contributed by atoms with E-state index in [0.29, 0.717) is 11.3 Å². The van der Waals surface area contributed by atoms with Crippen LogP contribution in [0.15, 0.2) is 18.3 Å². The Morgan fingerprint density at radius 3 is 2.92 bits per heavy atom. The van der Waals surface area contributed by atoms with Crippen LogP contribution in [0.25, 0.3) is 6.08 Å². The SMILES string of the molecule is Nc1cc(C=CC(=O)O)cnc1Cl. The monoisotopic (exact) mass is 198 g/mol. The zero-order valence-corrected chi connectivity index (χ0v) is 7.32. The van der Waals surface area contributed by atoms with Gasteiger partial charge < -0.3 is 10.8 Å². The van der Waals surface area contributed by atoms with Gasteiger partial charge in [0.15, 0.2) is 5.15 Å². The van der Waals surface area contributed by atoms with Crippen LogP contribution in [-0.2, 0) is 4.79 Å². The number of nitrogens with two attached hydrogens (primary N) is 1. The van der Waals surface area contributed by atoms with Crippen molar-refractivity contribution in [2.24, 2.45) is 0 Å². The first kappa shape index (κ1) is 9.54. The minimum Gasteiger partial charge on any atom is -0.478 e. The molecule has 0 atom stereocenters. The van der Waals surface area contributed by atoms with E-state index in [1.807, 2.05) is 0 Å². The molecule has 0 bridgehead atoms. The second-order valence-corrected chi connectivity index (χ2v) is 2.68. The third-order valence-electron chi connectivity index (χ3n) is 1.31. The van der Waals surface area contributed by atoms with E-state index in [1.54, 1.807) is 6.07 Å². The molecule has 0 saturated carbocycles. The Morgan fingerprint density at radius 2 is 2.38 bits per heavy atom. The first-order valence-corrected chi connectivity index (χ1v) is 3.79. The number of aromatic nitrogens is 1. The van der Waals surface area contributed by atoms with E-state index in [2.05, 4.69) is 4.98 Å². The summed E-state index contributed by atoms with van der Waals surface area (Å²) in [6, 6.07) is 1.55. The van der Waals surface area contributed by atoms with Gasteiger partial charge in [-0.1, -0.05) is 11.6 Å². The minimum absolute atomic E-state index is 0.215. The largest absolute Gasteiger partial charge is 0.478 e. The number of nitrogens with zero attached hydrogens (tertiary/aromatic N) is 1. The number of hydrogen-bond donors (Lipinski definition) is 2. The normalized spacial score (nSPS) is 10.5. The quantitative estimate of drug-likeness (QED) is 0.557. The molecule has 0 spiro atoms. The van der Waals surface area contributed by atoms with Crippen LogP contribution in [0.3, 0.4) is 0 Å². The molecule has 0 saturated heterocycles. The molecule has 5 heteroatoms. The van der Waals surface area contributed by atoms with Crippen molar-refractivity contribution in [3.63, 3.8) is 0 Å². The highest BCUT2D eigenvalue weighted by molar-refractivity contribution is 6.31. The second-order valence-electron chi connectivity index (χ2n) is 2.32. The van der Waals surface area contributed by atoms with E-state index >= 15 is 0 Å². The topological polar surface area (TPSA) is 76.2 Å². The fraction of sp³-hybridized carbons (Fsp3) is 0. The van der Waals surface area contributed by atoms with E-state index in [4.69, 9.17) is 22.4 Å². The van der Waals surface area contributed by atoms with E-state index in [-0.39, 0.29) is 5.15 Å². The van der Waals surface area contributed by atoms with Gasteiger partial charge in [-0.25, -0.2) is 9.78 Å². The third-order valence-corrected chi connectivity index (χ3v) is 1.62. The molecule has 0 unspecified atom stereocenters. The number of rotatable bonds is 2. The Bertz CT molecular complexity index is 363. The number of aliphatic carboxylic acids is 1. The summed E-state index contributed by atoms with van der Waals surface area (Å²) in [5.41, 5.74) is 6.38. The maximum absolute atomic E-state index is 10.2. The van der Waals surface area contributed by atoms with Crippen LogP contribution >= 0.6 is 11.6 Å². The number of halogens is 1. The average molecular weight is 199 g/mol. The molecule has 1 rings (SSSR count). The van der Waals surface area contributed by atoms with E-state index in [1.165, 1.54) is 12.3 Å². The van der Waals surface area contributed by atoms with Crippen LogP contribution in [0.2, 0.25) is 5.15 Å². The van der Waals surface area contributed by atoms with Crippen LogP contribution in [-0.4, -0.2) is 16.1 Å². The maximum Gasteiger partial charge on any atom is 0.328 e. The Hall–Kier alpha value is -1.55. The van der Waals surface area contributed by atoms with Crippen molar-refractivity contribution in [2.75, 3.05) is 5.73 Å². The highest BCUT2D eigenvalue weighted by atomic mass is 35.5. The van der Waals surface area contributed by atoms with Gasteiger partial charge in [-0.3, -0.25) is 0 Å². The maximum atomic E-state index is 10.2. The molecular formula is C8H7ClN2O2. The van der Waals surface area contributed by atoms with Gasteiger partial charge >= 0.3 is 5.97 Å². The van der Waals surface area contributed by atoms with Gasteiger partial charge in [0.1, 0.15) is 0 Å². The molecule has 1 aromatic heterocycles. The van der Waals surface area contributed by atoms with Gasteiger partial charge in [0.05, 0.1) is 5.69 Å². The van der Waals surface area contributed by atoms with Crippen molar-refractivity contribution in [3.8, 4) is 0 Å². The van der Waals surface area contributed by atoms with Crippen molar-refractivity contribution >= 4 is 29.3 Å². The van der Waals surface area contributed by atoms with Gasteiger partial charge in [-0.15, -0.1) is 0 Å². The zero-order chi connectivity index (χ0) is 9.84. The molecule has 1 heterocycles. The number of pyridine rings is 1. The summed E-state index contributed by atoms with van der Waals surface area (Å²) in [5, 5.41) is 8.55. The smallest absolute Gasteiger partial charge is 0.328 e. The number of carbonyl (C=O) groups is 1. The van der Waals surface area contributed by atoms with Gasteiger partial charge in [0.2, 0.25) is 0 Å². The summed E-state index contributed by atoms with van der Waals surface area (Å²) in [4.78, 5) is 13.9. The molecule has 0 aliphatic carbocycles. The van der Waals surface area contributed by atoms with Crippen molar-refractivity contribution in [3.05, 3.63) is 29.1 Å². The second kappa shape index (κ2) is 3.91. The highest BCUT2D eigenvalue weighted by Gasteiger charge is 1.97. The minimum atomic E-state index is -1.02. The molecule has 0 amide bonds. The Kier molecular flexibility index (Phi) is 2.87. The summed E-state index contributed by atoms with van der Waals surface area (Å²) < 4.78 is 0. The van der Waals surface area contributed by atoms with Crippen molar-refractivity contribution in [1.29, 1.82) is 0 Å². The van der Waals surface area contributed by atoms with Gasteiger partial charge in [-0.05, 0) is 17.7 Å². The van der Waals surface area contributed by atoms with Crippen LogP contribution in [0.1, 0.15) is 5.56 Å². The first-order chi connectivity index (χ1) is 6.09. The first-order valence-electron chi connectivity index (χ1n) is 3.41. The van der Waals surface area contributed by atoms with Crippen LogP contribution in [0.5, 0.6) is 0 Å². The number of carboxylic acids is 1. The summed E-state index contributed by atoms with van der Waals surface area (Å²) >= 11 is 5.57. The summed E-state index contributed by atoms with van der Waals surface area (Å²) in [5.74, 6) is -1.02. The molecule has 0 aliphatic rings. The molecule has 3 N–H and O–H groups in total. The molecule has 13 heavy (non-hydrogen) atoms. The fourth-order valence-electron chi connectivity index (χ4n) is 0.741. The predicted molar refractivity (Wildman–Crippen MR) is 50.3 cm³/mol.